The van der Waals surface area contributed by atoms with Gasteiger partial charge in [-0.3, -0.25) is 19.8 Å². The highest BCUT2D eigenvalue weighted by atomic mass is 16.6. The third kappa shape index (κ3) is 3.97. The Labute approximate surface area is 144 Å². The van der Waals surface area contributed by atoms with Gasteiger partial charge in [0.1, 0.15) is 10.7 Å². The van der Waals surface area contributed by atoms with E-state index in [9.17, 15) is 14.9 Å². The molecule has 1 aliphatic heterocycles. The minimum absolute atomic E-state index is 0.00954. The van der Waals surface area contributed by atoms with Crippen molar-refractivity contribution in [3.8, 4) is 5.75 Å². The Kier molecular flexibility index (Phi) is 4.99. The van der Waals surface area contributed by atoms with Crippen LogP contribution in [0.4, 0.5) is 5.88 Å². The number of nitro groups is 1. The second-order valence-electron chi connectivity index (χ2n) is 5.81. The molecule has 2 heterocycles. The van der Waals surface area contributed by atoms with Gasteiger partial charge in [0.05, 0.1) is 13.2 Å². The van der Waals surface area contributed by atoms with Gasteiger partial charge in [-0.2, -0.15) is 0 Å². The molecule has 1 aliphatic rings. The zero-order valence-corrected chi connectivity index (χ0v) is 13.9. The predicted octanol–water partition coefficient (Wildman–Crippen LogP) is 2.15. The van der Waals surface area contributed by atoms with Crippen molar-refractivity contribution in [2.75, 3.05) is 33.3 Å². The topological polar surface area (TPSA) is 89.1 Å². The van der Waals surface area contributed by atoms with Gasteiger partial charge in [0, 0.05) is 32.7 Å². The monoisotopic (exact) mass is 345 g/mol. The Hall–Kier alpha value is -2.87. The van der Waals surface area contributed by atoms with Crippen LogP contribution >= 0.6 is 0 Å². The smallest absolute Gasteiger partial charge is 0.433 e. The molecule has 1 aromatic carbocycles. The molecule has 3 rings (SSSR count). The number of carbonyl (C=O) groups is 1. The summed E-state index contributed by atoms with van der Waals surface area (Å²) >= 11 is 0. The van der Waals surface area contributed by atoms with E-state index in [1.54, 1.807) is 12.0 Å². The van der Waals surface area contributed by atoms with E-state index in [2.05, 4.69) is 4.90 Å². The van der Waals surface area contributed by atoms with Crippen LogP contribution in [0.15, 0.2) is 40.8 Å². The van der Waals surface area contributed by atoms with Gasteiger partial charge in [-0.25, -0.2) is 0 Å². The van der Waals surface area contributed by atoms with Gasteiger partial charge >= 0.3 is 5.88 Å². The number of methoxy groups -OCH3 is 1. The van der Waals surface area contributed by atoms with E-state index < -0.39 is 10.8 Å². The highest BCUT2D eigenvalue weighted by molar-refractivity contribution is 5.91. The highest BCUT2D eigenvalue weighted by Gasteiger charge is 2.26. The first kappa shape index (κ1) is 17.0. The third-order valence-electron chi connectivity index (χ3n) is 4.21. The van der Waals surface area contributed by atoms with Crippen LogP contribution < -0.4 is 4.74 Å². The Morgan fingerprint density at radius 2 is 1.84 bits per heavy atom. The first-order valence-electron chi connectivity index (χ1n) is 7.95. The number of furan rings is 1. The fourth-order valence-electron chi connectivity index (χ4n) is 2.79. The number of hydrogen-bond donors (Lipinski definition) is 0. The van der Waals surface area contributed by atoms with Crippen LogP contribution in [0.2, 0.25) is 0 Å². The molecular weight excluding hydrogens is 326 g/mol. The molecule has 8 heteroatoms. The van der Waals surface area contributed by atoms with Crippen LogP contribution in [0.1, 0.15) is 16.1 Å². The van der Waals surface area contributed by atoms with Crippen LogP contribution in [-0.4, -0.2) is 53.9 Å². The highest BCUT2D eigenvalue weighted by Crippen LogP contribution is 2.19. The fraction of sp³-hybridized carbons (Fsp3) is 0.353. The lowest BCUT2D eigenvalue weighted by Crippen LogP contribution is -2.48. The van der Waals surface area contributed by atoms with E-state index in [1.807, 2.05) is 24.3 Å². The van der Waals surface area contributed by atoms with E-state index in [1.165, 1.54) is 17.7 Å². The van der Waals surface area contributed by atoms with Gasteiger partial charge in [-0.15, -0.1) is 0 Å². The van der Waals surface area contributed by atoms with Gasteiger partial charge < -0.3 is 14.1 Å². The Morgan fingerprint density at radius 3 is 2.40 bits per heavy atom. The molecule has 0 unspecified atom stereocenters. The Bertz CT molecular complexity index is 748. The van der Waals surface area contributed by atoms with Crippen molar-refractivity contribution in [2.24, 2.45) is 0 Å². The summed E-state index contributed by atoms with van der Waals surface area (Å²) in [6, 6.07) is 10.5. The lowest BCUT2D eigenvalue weighted by atomic mass is 10.2. The van der Waals surface area contributed by atoms with Gasteiger partial charge in [-0.1, -0.05) is 12.1 Å². The minimum atomic E-state index is -0.649. The van der Waals surface area contributed by atoms with Crippen LogP contribution in [-0.2, 0) is 6.54 Å². The van der Waals surface area contributed by atoms with Gasteiger partial charge in [0.15, 0.2) is 5.76 Å². The number of rotatable bonds is 5. The van der Waals surface area contributed by atoms with Crippen molar-refractivity contribution in [3.63, 3.8) is 0 Å². The standard InChI is InChI=1S/C17H19N3O5/c1-24-14-4-2-13(3-5-14)12-18-8-10-19(11-9-18)17(21)15-6-7-16(25-15)20(22)23/h2-7H,8-12H2,1H3. The molecule has 1 aromatic heterocycles. The SMILES string of the molecule is COc1ccc(CN2CCN(C(=O)c3ccc([N+](=O)[O-])o3)CC2)cc1. The van der Waals surface area contributed by atoms with Gasteiger partial charge in [0.2, 0.25) is 0 Å². The number of amides is 1. The second-order valence-corrected chi connectivity index (χ2v) is 5.81. The van der Waals surface area contributed by atoms with E-state index in [4.69, 9.17) is 9.15 Å². The average molecular weight is 345 g/mol. The van der Waals surface area contributed by atoms with Crippen molar-refractivity contribution >= 4 is 11.8 Å². The molecule has 1 amide bonds. The summed E-state index contributed by atoms with van der Waals surface area (Å²) in [6.07, 6.45) is 0. The van der Waals surface area contributed by atoms with Crippen molar-refractivity contribution < 1.29 is 18.9 Å². The molecule has 0 saturated carbocycles. The first-order valence-corrected chi connectivity index (χ1v) is 7.95. The van der Waals surface area contributed by atoms with Gasteiger partial charge in [-0.05, 0) is 23.8 Å². The van der Waals surface area contributed by atoms with Crippen molar-refractivity contribution in [1.29, 1.82) is 0 Å². The molecule has 132 valence electrons. The predicted molar refractivity (Wildman–Crippen MR) is 89.5 cm³/mol. The largest absolute Gasteiger partial charge is 0.497 e. The summed E-state index contributed by atoms with van der Waals surface area (Å²) in [7, 11) is 1.64. The Morgan fingerprint density at radius 1 is 1.16 bits per heavy atom. The maximum Gasteiger partial charge on any atom is 0.433 e. The summed E-state index contributed by atoms with van der Waals surface area (Å²) in [5.74, 6) is 0.112. The lowest BCUT2D eigenvalue weighted by Gasteiger charge is -2.34. The molecule has 0 bridgehead atoms. The molecule has 0 radical (unpaired) electrons. The molecule has 0 aliphatic carbocycles. The van der Waals surface area contributed by atoms with E-state index >= 15 is 0 Å². The van der Waals surface area contributed by atoms with Crippen LogP contribution in [0.25, 0.3) is 0 Å². The zero-order chi connectivity index (χ0) is 17.8. The summed E-state index contributed by atoms with van der Waals surface area (Å²) in [5.41, 5.74) is 1.18. The molecule has 0 atom stereocenters. The van der Waals surface area contributed by atoms with Crippen LogP contribution in [0, 0.1) is 10.1 Å². The normalized spacial score (nSPS) is 15.2. The molecule has 1 saturated heterocycles. The van der Waals surface area contributed by atoms with E-state index in [0.29, 0.717) is 13.1 Å². The maximum absolute atomic E-state index is 12.3. The van der Waals surface area contributed by atoms with Crippen LogP contribution in [0.5, 0.6) is 5.75 Å². The number of benzene rings is 1. The summed E-state index contributed by atoms with van der Waals surface area (Å²) < 4.78 is 10.1. The molecule has 1 fully saturated rings. The maximum atomic E-state index is 12.3. The average Bonchev–Trinajstić information content (AvgIpc) is 3.13. The number of nitrogens with zero attached hydrogens (tertiary/aromatic N) is 3. The fourth-order valence-corrected chi connectivity index (χ4v) is 2.79. The molecular formula is C17H19N3O5. The number of carbonyl (C=O) groups excluding carboxylic acids is 1. The van der Waals surface area contributed by atoms with E-state index in [-0.39, 0.29) is 11.7 Å². The van der Waals surface area contributed by atoms with Gasteiger partial charge in [0.25, 0.3) is 5.91 Å². The summed E-state index contributed by atoms with van der Waals surface area (Å²) in [5, 5.41) is 10.6. The molecule has 0 spiro atoms. The van der Waals surface area contributed by atoms with Crippen molar-refractivity contribution in [1.82, 2.24) is 9.80 Å². The summed E-state index contributed by atoms with van der Waals surface area (Å²) in [4.78, 5) is 26.3. The first-order chi connectivity index (χ1) is 12.1. The summed E-state index contributed by atoms with van der Waals surface area (Å²) in [6.45, 7) is 3.40. The van der Waals surface area contributed by atoms with Crippen molar-refractivity contribution in [2.45, 2.75) is 6.54 Å². The number of piperazine rings is 1. The van der Waals surface area contributed by atoms with Crippen molar-refractivity contribution in [3.05, 3.63) is 57.8 Å². The molecule has 8 nitrogen and oxygen atoms in total. The number of hydrogen-bond acceptors (Lipinski definition) is 6. The molecule has 0 N–H and O–H groups in total. The third-order valence-corrected chi connectivity index (χ3v) is 4.21. The van der Waals surface area contributed by atoms with E-state index in [0.717, 1.165) is 25.4 Å². The zero-order valence-electron chi connectivity index (χ0n) is 13.9. The molecule has 2 aromatic rings. The second kappa shape index (κ2) is 7.35. The van der Waals surface area contributed by atoms with Crippen LogP contribution in [0.3, 0.4) is 0 Å². The molecule has 25 heavy (non-hydrogen) atoms. The lowest BCUT2D eigenvalue weighted by molar-refractivity contribution is -0.402. The quantitative estimate of drug-likeness (QED) is 0.609. The minimum Gasteiger partial charge on any atom is -0.497 e. The number of ether oxygens (including phenoxy) is 1. The Balaban J connectivity index is 1.53.